The number of carboxylic acid groups (broad SMARTS) is 9. The third kappa shape index (κ3) is 118. The number of nitrogens with two attached hydrogens (primary N) is 18. The summed E-state index contributed by atoms with van der Waals surface area (Å²) in [6, 6.07) is -7.02. The Bertz CT molecular complexity index is 2220. The molecular weight excluding hydrogens is 1550 g/mol. The lowest BCUT2D eigenvalue weighted by molar-refractivity contribution is -0.139. The van der Waals surface area contributed by atoms with E-state index in [9.17, 15) is 43.2 Å². The minimum absolute atomic E-state index is 0.0671. The highest BCUT2D eigenvalue weighted by Gasteiger charge is 2.16. The normalized spacial score (nSPS) is 12.1. The summed E-state index contributed by atoms with van der Waals surface area (Å²) in [6.07, 6.45) is 17.4. The molecule has 684 valence electrons. The van der Waals surface area contributed by atoms with E-state index in [4.69, 9.17) is 198 Å². The maximum atomic E-state index is 10.3. The van der Waals surface area contributed by atoms with Crippen LogP contribution in [-0.4, -0.2) is 267 Å². The maximum Gasteiger partial charge on any atom is 0.320 e. The van der Waals surface area contributed by atoms with Crippen molar-refractivity contribution in [3.63, 3.8) is 0 Å². The molecule has 9 atom stereocenters. The van der Waals surface area contributed by atoms with Crippen molar-refractivity contribution in [2.45, 2.75) is 228 Å². The molecule has 0 radical (unpaired) electrons. The molecule has 54 heteroatoms. The van der Waals surface area contributed by atoms with Crippen molar-refractivity contribution in [2.75, 3.05) is 58.9 Å². The standard InChI is InChI=1S/9C7H16N4O2/c9*8-5(6(12)13)3-1-2-4-11-7(9)10/h9*5H,1-4,8H2,(H,12,13)(H4,9,10,11)/t9*5-/m111100000/s1. The Morgan fingerprint density at radius 3 is 0.291 bits per heavy atom. The van der Waals surface area contributed by atoms with Crippen LogP contribution in [0.2, 0.25) is 0 Å². The Labute approximate surface area is 680 Å². The summed E-state index contributed by atoms with van der Waals surface area (Å²) < 4.78 is 0. The number of unbranched alkanes of at least 4 members (excludes halogenated alkanes) is 9. The molecule has 63 N–H and O–H groups in total. The largest absolute Gasteiger partial charge is 0.480 e. The van der Waals surface area contributed by atoms with Crippen LogP contribution in [0.3, 0.4) is 0 Å². The van der Waals surface area contributed by atoms with E-state index < -0.39 is 108 Å². The summed E-state index contributed by atoms with van der Waals surface area (Å²) in [4.78, 5) is 92.5. The zero-order valence-electron chi connectivity index (χ0n) is 66.7. The van der Waals surface area contributed by atoms with Gasteiger partial charge in [0.25, 0.3) is 0 Å². The number of carboxylic acids is 9. The first-order chi connectivity index (χ1) is 54.3. The molecule has 0 unspecified atom stereocenters. The van der Waals surface area contributed by atoms with Crippen molar-refractivity contribution >= 4 is 107 Å². The number of carbonyl (C=O) groups is 9. The number of guanidine groups is 9. The number of hydrogen-bond acceptors (Lipinski definition) is 27. The first-order valence-corrected chi connectivity index (χ1v) is 36.9. The monoisotopic (exact) mass is 1690 g/mol. The zero-order valence-corrected chi connectivity index (χ0v) is 66.7. The fraction of sp³-hybridized carbons (Fsp3) is 0.714. The van der Waals surface area contributed by atoms with E-state index >= 15 is 0 Å². The average molecular weight is 1690 g/mol. The molecule has 0 amide bonds. The molecule has 0 aliphatic heterocycles. The molecule has 0 spiro atoms. The average Bonchev–Trinajstić information content (AvgIpc) is 1.06. The predicted octanol–water partition coefficient (Wildman–Crippen LogP) is -8.53. The van der Waals surface area contributed by atoms with E-state index in [-0.39, 0.29) is 53.6 Å². The first kappa shape index (κ1) is 124. The second-order valence-corrected chi connectivity index (χ2v) is 25.0. The van der Waals surface area contributed by atoms with Gasteiger partial charge in [-0.25, -0.2) is 0 Å². The molecule has 0 saturated heterocycles. The highest BCUT2D eigenvalue weighted by Crippen LogP contribution is 2.04. The van der Waals surface area contributed by atoms with Gasteiger partial charge >= 0.3 is 53.7 Å². The number of hydrogen-bond donors (Lipinski definition) is 45. The number of nitrogens with one attached hydrogen (secondary N) is 18. The van der Waals surface area contributed by atoms with E-state index in [0.717, 1.165) is 57.8 Å². The van der Waals surface area contributed by atoms with Crippen molar-refractivity contribution in [1.29, 1.82) is 48.7 Å². The van der Waals surface area contributed by atoms with Gasteiger partial charge < -0.3 is 197 Å². The summed E-state index contributed by atoms with van der Waals surface area (Å²) in [5, 5.41) is 161. The van der Waals surface area contributed by atoms with Gasteiger partial charge in [0.15, 0.2) is 53.6 Å². The number of aliphatic carboxylic acids is 9. The van der Waals surface area contributed by atoms with Crippen molar-refractivity contribution in [2.24, 2.45) is 103 Å². The molecule has 0 aromatic heterocycles. The van der Waals surface area contributed by atoms with Crippen molar-refractivity contribution in [3.05, 3.63) is 0 Å². The maximum absolute atomic E-state index is 10.3. The molecule has 0 bridgehead atoms. The van der Waals surface area contributed by atoms with Crippen LogP contribution in [0.5, 0.6) is 0 Å². The van der Waals surface area contributed by atoms with Crippen LogP contribution in [0, 0.1) is 48.7 Å². The molecule has 0 saturated carbocycles. The summed E-state index contributed by atoms with van der Waals surface area (Å²) in [6.45, 7) is 5.26. The molecule has 0 rings (SSSR count). The predicted molar refractivity (Wildman–Crippen MR) is 444 cm³/mol. The van der Waals surface area contributed by atoms with Gasteiger partial charge in [-0.15, -0.1) is 0 Å². The van der Waals surface area contributed by atoms with Crippen LogP contribution >= 0.6 is 0 Å². The molecule has 117 heavy (non-hydrogen) atoms. The van der Waals surface area contributed by atoms with Crippen LogP contribution in [0.4, 0.5) is 0 Å². The van der Waals surface area contributed by atoms with Gasteiger partial charge in [0, 0.05) is 58.9 Å². The molecule has 0 fully saturated rings. The topological polar surface area (TPSA) is 1130 Å². The van der Waals surface area contributed by atoms with Gasteiger partial charge in [0.2, 0.25) is 0 Å². The minimum Gasteiger partial charge on any atom is -0.480 e. The minimum atomic E-state index is -0.973. The lowest BCUT2D eigenvalue weighted by atomic mass is 10.1. The van der Waals surface area contributed by atoms with E-state index in [1.807, 2.05) is 0 Å². The van der Waals surface area contributed by atoms with E-state index in [1.54, 1.807) is 0 Å². The molecule has 54 nitrogen and oxygen atoms in total. The lowest BCUT2D eigenvalue weighted by Gasteiger charge is -2.06. The molecule has 0 aromatic carbocycles. The second kappa shape index (κ2) is 85.2. The molecular formula is C63H144N36O18. The van der Waals surface area contributed by atoms with Crippen LogP contribution in [0.15, 0.2) is 0 Å². The second-order valence-electron chi connectivity index (χ2n) is 25.0. The highest BCUT2D eigenvalue weighted by atomic mass is 16.4. The van der Waals surface area contributed by atoms with Gasteiger partial charge in [0.05, 0.1) is 0 Å². The van der Waals surface area contributed by atoms with Crippen LogP contribution in [-0.2, 0) is 43.2 Å². The number of rotatable bonds is 54. The Morgan fingerprint density at radius 2 is 0.239 bits per heavy atom. The highest BCUT2D eigenvalue weighted by molar-refractivity contribution is 5.79. The van der Waals surface area contributed by atoms with Crippen molar-refractivity contribution in [1.82, 2.24) is 47.9 Å². The molecule has 0 aliphatic carbocycles. The van der Waals surface area contributed by atoms with Crippen LogP contribution in [0.1, 0.15) is 173 Å². The van der Waals surface area contributed by atoms with E-state index in [1.165, 1.54) is 0 Å². The Kier molecular flexibility index (Phi) is 89.9. The third-order valence-electron chi connectivity index (χ3n) is 14.2. The fourth-order valence-electron chi connectivity index (χ4n) is 7.52. The smallest absolute Gasteiger partial charge is 0.320 e. The van der Waals surface area contributed by atoms with Crippen LogP contribution < -0.4 is 151 Å². The summed E-state index contributed by atoms with van der Waals surface area (Å²) >= 11 is 0. The zero-order chi connectivity index (χ0) is 92.4. The van der Waals surface area contributed by atoms with Crippen molar-refractivity contribution in [3.8, 4) is 0 Å². The van der Waals surface area contributed by atoms with Crippen molar-refractivity contribution < 1.29 is 89.1 Å². The SMILES string of the molecule is N=C(N)NCCCC[C@@H](N)C(=O)O.N=C(N)NCCCC[C@@H](N)C(=O)O.N=C(N)NCCCC[C@@H](N)C(=O)O.N=C(N)NCCCC[C@@H](N)C(=O)O.N=C(N)NCCCC[C@H](N)C(=O)O.N=C(N)NCCCC[C@H](N)C(=O)O.N=C(N)NCCCC[C@H](N)C(=O)O.N=C(N)NCCCC[C@H](N)C(=O)O.N=C(N)NCCCC[C@H](N)C(=O)O. The molecule has 0 aromatic rings. The van der Waals surface area contributed by atoms with Gasteiger partial charge in [-0.2, -0.15) is 0 Å². The summed E-state index contributed by atoms with van der Waals surface area (Å²) in [5.41, 5.74) is 92.8. The van der Waals surface area contributed by atoms with Gasteiger partial charge in [-0.3, -0.25) is 91.8 Å². The van der Waals surface area contributed by atoms with Gasteiger partial charge in [-0.05, 0) is 173 Å². The van der Waals surface area contributed by atoms with E-state index in [2.05, 4.69) is 47.9 Å². The Hall–Kier alpha value is -11.7. The Balaban J connectivity index is -0.000000160. The first-order valence-electron chi connectivity index (χ1n) is 36.9. The lowest BCUT2D eigenvalue weighted by Crippen LogP contribution is -2.32. The Morgan fingerprint density at radius 1 is 0.171 bits per heavy atom. The van der Waals surface area contributed by atoms with Crippen LogP contribution in [0.25, 0.3) is 0 Å². The fourth-order valence-corrected chi connectivity index (χ4v) is 7.52. The molecule has 0 heterocycles. The molecule has 0 aliphatic rings. The summed E-state index contributed by atoms with van der Waals surface area (Å²) in [7, 11) is 0. The van der Waals surface area contributed by atoms with E-state index in [0.29, 0.717) is 174 Å². The third-order valence-corrected chi connectivity index (χ3v) is 14.2. The van der Waals surface area contributed by atoms with Gasteiger partial charge in [0.1, 0.15) is 54.4 Å². The summed E-state index contributed by atoms with van der Waals surface area (Å²) in [5.74, 6) is -9.36. The van der Waals surface area contributed by atoms with Gasteiger partial charge in [-0.1, -0.05) is 0 Å². The quantitative estimate of drug-likeness (QED) is 0.0153.